The summed E-state index contributed by atoms with van der Waals surface area (Å²) in [6, 6.07) is 5.58. The average molecular weight is 305 g/mol. The number of hydrogen-bond acceptors (Lipinski definition) is 6. The van der Waals surface area contributed by atoms with Gasteiger partial charge in [0.25, 0.3) is 10.0 Å². The Morgan fingerprint density at radius 1 is 1.26 bits per heavy atom. The van der Waals surface area contributed by atoms with Gasteiger partial charge >= 0.3 is 10.1 Å². The van der Waals surface area contributed by atoms with E-state index in [4.69, 9.17) is 0 Å². The zero-order chi connectivity index (χ0) is 14.4. The second kappa shape index (κ2) is 4.22. The molecule has 1 heterocycles. The molecule has 9 heteroatoms. The molecule has 7 nitrogen and oxygen atoms in total. The molecule has 1 aliphatic rings. The van der Waals surface area contributed by atoms with Crippen molar-refractivity contribution in [2.24, 2.45) is 0 Å². The van der Waals surface area contributed by atoms with Gasteiger partial charge in [-0.15, -0.1) is 0 Å². The normalized spacial score (nSPS) is 18.3. The summed E-state index contributed by atoms with van der Waals surface area (Å²) in [5.41, 5.74) is -0.0729. The lowest BCUT2D eigenvalue weighted by atomic mass is 10.2. The van der Waals surface area contributed by atoms with Crippen molar-refractivity contribution in [2.45, 2.75) is 4.90 Å². The Labute approximate surface area is 110 Å². The molecule has 0 saturated heterocycles. The first-order chi connectivity index (χ1) is 8.73. The number of aliphatic hydroxyl groups is 1. The molecule has 1 aromatic rings. The van der Waals surface area contributed by atoms with Crippen LogP contribution in [0, 0.1) is 0 Å². The molecule has 0 amide bonds. The highest BCUT2D eigenvalue weighted by Gasteiger charge is 2.40. The van der Waals surface area contributed by atoms with Crippen molar-refractivity contribution in [3.8, 4) is 0 Å². The Balaban J connectivity index is 2.91. The van der Waals surface area contributed by atoms with Crippen molar-refractivity contribution in [2.75, 3.05) is 14.2 Å². The van der Waals surface area contributed by atoms with Crippen LogP contribution in [-0.4, -0.2) is 40.4 Å². The van der Waals surface area contributed by atoms with E-state index in [1.54, 1.807) is 0 Å². The third-order valence-electron chi connectivity index (χ3n) is 2.73. The van der Waals surface area contributed by atoms with Crippen LogP contribution in [0.25, 0.3) is 5.76 Å². The largest absolute Gasteiger partial charge is 0.504 e. The minimum absolute atomic E-state index is 0.0729. The van der Waals surface area contributed by atoms with E-state index < -0.39 is 30.9 Å². The van der Waals surface area contributed by atoms with Crippen LogP contribution in [0.3, 0.4) is 0 Å². The summed E-state index contributed by atoms with van der Waals surface area (Å²) in [4.78, 5) is -0.162. The first-order valence-corrected chi connectivity index (χ1v) is 7.90. The Morgan fingerprint density at radius 2 is 1.84 bits per heavy atom. The van der Waals surface area contributed by atoms with Gasteiger partial charge in [-0.2, -0.15) is 8.42 Å². The summed E-state index contributed by atoms with van der Waals surface area (Å²) in [6.07, 6.45) is 0. The van der Waals surface area contributed by atoms with Crippen molar-refractivity contribution < 1.29 is 26.1 Å². The van der Waals surface area contributed by atoms with Gasteiger partial charge in [0.2, 0.25) is 5.03 Å². The highest BCUT2D eigenvalue weighted by Crippen LogP contribution is 2.36. The summed E-state index contributed by atoms with van der Waals surface area (Å²) < 4.78 is 52.6. The molecule has 104 valence electrons. The maximum Gasteiger partial charge on any atom is 0.316 e. The molecule has 1 N–H and O–H groups in total. The van der Waals surface area contributed by atoms with Crippen LogP contribution < -0.4 is 0 Å². The van der Waals surface area contributed by atoms with Gasteiger partial charge in [-0.25, -0.2) is 8.42 Å². The lowest BCUT2D eigenvalue weighted by Gasteiger charge is -2.27. The third-order valence-corrected chi connectivity index (χ3v) is 6.04. The van der Waals surface area contributed by atoms with Crippen LogP contribution in [0.2, 0.25) is 0 Å². The number of fused-ring (bicyclic) bond motifs is 1. The summed E-state index contributed by atoms with van der Waals surface area (Å²) >= 11 is 0. The van der Waals surface area contributed by atoms with Crippen LogP contribution in [0.15, 0.2) is 34.2 Å². The van der Waals surface area contributed by atoms with E-state index in [0.29, 0.717) is 4.31 Å². The third kappa shape index (κ3) is 1.90. The second-order valence-corrected chi connectivity index (χ2v) is 7.31. The Hall–Kier alpha value is -1.58. The van der Waals surface area contributed by atoms with E-state index in [1.807, 2.05) is 0 Å². The number of aliphatic hydroxyl groups excluding tert-OH is 1. The zero-order valence-corrected chi connectivity index (χ0v) is 11.7. The topological polar surface area (TPSA) is 101 Å². The molecular formula is C10H11NO6S2. The fraction of sp³-hybridized carbons (Fsp3) is 0.200. The molecule has 2 rings (SSSR count). The minimum Gasteiger partial charge on any atom is -0.504 e. The Bertz CT molecular complexity index is 763. The lowest BCUT2D eigenvalue weighted by Crippen LogP contribution is -2.35. The maximum atomic E-state index is 12.2. The fourth-order valence-electron chi connectivity index (χ4n) is 1.76. The van der Waals surface area contributed by atoms with E-state index in [1.165, 1.54) is 24.3 Å². The molecule has 0 aromatic heterocycles. The minimum atomic E-state index is -4.36. The fourth-order valence-corrected chi connectivity index (χ4v) is 4.44. The second-order valence-electron chi connectivity index (χ2n) is 3.74. The van der Waals surface area contributed by atoms with E-state index in [-0.39, 0.29) is 10.5 Å². The van der Waals surface area contributed by atoms with E-state index in [0.717, 1.165) is 14.2 Å². The molecule has 19 heavy (non-hydrogen) atoms. The summed E-state index contributed by atoms with van der Waals surface area (Å²) in [7, 11) is -6.48. The van der Waals surface area contributed by atoms with Gasteiger partial charge in [-0.3, -0.25) is 8.49 Å². The average Bonchev–Trinajstić information content (AvgIpc) is 2.37. The molecule has 0 saturated carbocycles. The molecule has 0 radical (unpaired) electrons. The van der Waals surface area contributed by atoms with Gasteiger partial charge in [-0.1, -0.05) is 12.1 Å². The van der Waals surface area contributed by atoms with Crippen LogP contribution in [0.4, 0.5) is 0 Å². The van der Waals surface area contributed by atoms with Gasteiger partial charge < -0.3 is 5.11 Å². The quantitative estimate of drug-likeness (QED) is 0.798. The van der Waals surface area contributed by atoms with E-state index in [2.05, 4.69) is 4.18 Å². The summed E-state index contributed by atoms with van der Waals surface area (Å²) in [6.45, 7) is 0. The highest BCUT2D eigenvalue weighted by atomic mass is 32.2. The summed E-state index contributed by atoms with van der Waals surface area (Å²) in [5, 5.41) is 9.21. The van der Waals surface area contributed by atoms with Crippen molar-refractivity contribution >= 4 is 25.9 Å². The van der Waals surface area contributed by atoms with Crippen molar-refractivity contribution in [3.63, 3.8) is 0 Å². The Morgan fingerprint density at radius 3 is 2.42 bits per heavy atom. The number of rotatable bonds is 2. The standard InChI is InChI=1S/C10H11NO6S2/c1-11-10(19(15,16)17-2)9(12)7-5-3-4-6-8(7)18(11,13)14/h3-6,12H,1-2H3. The molecular weight excluding hydrogens is 294 g/mol. The maximum absolute atomic E-state index is 12.2. The number of benzene rings is 1. The first-order valence-electron chi connectivity index (χ1n) is 5.05. The molecule has 0 bridgehead atoms. The van der Waals surface area contributed by atoms with E-state index in [9.17, 15) is 21.9 Å². The number of nitrogens with zero attached hydrogens (tertiary/aromatic N) is 1. The monoisotopic (exact) mass is 305 g/mol. The van der Waals surface area contributed by atoms with Gasteiger partial charge in [-0.05, 0) is 12.1 Å². The molecule has 0 unspecified atom stereocenters. The summed E-state index contributed by atoms with van der Waals surface area (Å²) in [5.74, 6) is -0.658. The lowest BCUT2D eigenvalue weighted by molar-refractivity contribution is 0.390. The van der Waals surface area contributed by atoms with Gasteiger partial charge in [0.05, 0.1) is 12.0 Å². The first kappa shape index (κ1) is 13.8. The molecule has 0 spiro atoms. The van der Waals surface area contributed by atoms with Crippen molar-refractivity contribution in [3.05, 3.63) is 34.9 Å². The molecule has 1 aromatic carbocycles. The highest BCUT2D eigenvalue weighted by molar-refractivity contribution is 7.94. The predicted octanol–water partition coefficient (Wildman–Crippen LogP) is 0.481. The van der Waals surface area contributed by atoms with Crippen molar-refractivity contribution in [1.82, 2.24) is 4.31 Å². The zero-order valence-electron chi connectivity index (χ0n) is 10.1. The van der Waals surface area contributed by atoms with Gasteiger partial charge in [0, 0.05) is 12.6 Å². The predicted molar refractivity (Wildman–Crippen MR) is 66.9 cm³/mol. The van der Waals surface area contributed by atoms with Crippen LogP contribution in [-0.2, 0) is 24.3 Å². The van der Waals surface area contributed by atoms with Crippen LogP contribution in [0.1, 0.15) is 5.56 Å². The molecule has 0 atom stereocenters. The molecule has 1 aliphatic heterocycles. The van der Waals surface area contributed by atoms with Crippen molar-refractivity contribution in [1.29, 1.82) is 0 Å². The Kier molecular flexibility index (Phi) is 3.07. The SMILES string of the molecule is COS(=O)(=O)C1=C(O)c2ccccc2S(=O)(=O)N1C. The number of sulfonamides is 1. The van der Waals surface area contributed by atoms with Gasteiger partial charge in [0.1, 0.15) is 0 Å². The molecule has 0 aliphatic carbocycles. The smallest absolute Gasteiger partial charge is 0.316 e. The van der Waals surface area contributed by atoms with Crippen LogP contribution >= 0.6 is 0 Å². The van der Waals surface area contributed by atoms with E-state index >= 15 is 0 Å². The van der Waals surface area contributed by atoms with Crippen LogP contribution in [0.5, 0.6) is 0 Å². The number of hydrogen-bond donors (Lipinski definition) is 1. The van der Waals surface area contributed by atoms with Gasteiger partial charge in [0.15, 0.2) is 5.76 Å². The molecule has 0 fully saturated rings.